The molecule has 0 aliphatic heterocycles. The van der Waals surface area contributed by atoms with Crippen LogP contribution >= 0.6 is 0 Å². The first-order valence-electron chi connectivity index (χ1n) is 5.14. The van der Waals surface area contributed by atoms with E-state index in [0.29, 0.717) is 5.69 Å². The molecule has 2 amide bonds. The van der Waals surface area contributed by atoms with Crippen LogP contribution in [0.3, 0.4) is 0 Å². The summed E-state index contributed by atoms with van der Waals surface area (Å²) in [4.78, 5) is 11.3. The second kappa shape index (κ2) is 4.98. The monoisotopic (exact) mass is 226 g/mol. The fourth-order valence-electron chi connectivity index (χ4n) is 1.10. The lowest BCUT2D eigenvalue weighted by Gasteiger charge is -2.18. The molecule has 0 unspecified atom stereocenters. The van der Waals surface area contributed by atoms with Crippen LogP contribution in [0.5, 0.6) is 0 Å². The van der Waals surface area contributed by atoms with Crippen molar-refractivity contribution in [1.82, 2.24) is 15.1 Å². The van der Waals surface area contributed by atoms with Gasteiger partial charge in [0.15, 0.2) is 0 Å². The number of aromatic nitrogens is 2. The van der Waals surface area contributed by atoms with E-state index < -0.39 is 0 Å². The van der Waals surface area contributed by atoms with E-state index in [2.05, 4.69) is 15.7 Å². The Balaban J connectivity index is 2.56. The minimum Gasteiger partial charge on any atom is -0.395 e. The molecule has 6 nitrogen and oxygen atoms in total. The van der Waals surface area contributed by atoms with Crippen molar-refractivity contribution in [1.29, 1.82) is 0 Å². The number of urea groups is 1. The van der Waals surface area contributed by atoms with Crippen LogP contribution in [0.25, 0.3) is 0 Å². The first-order valence-corrected chi connectivity index (χ1v) is 5.14. The molecule has 0 bridgehead atoms. The Labute approximate surface area is 94.6 Å². The normalized spacial score (nSPS) is 11.2. The Morgan fingerprint density at radius 3 is 2.75 bits per heavy atom. The van der Waals surface area contributed by atoms with Crippen molar-refractivity contribution in [2.75, 3.05) is 18.5 Å². The van der Waals surface area contributed by atoms with Gasteiger partial charge in [-0.05, 0) is 20.8 Å². The number of anilines is 1. The van der Waals surface area contributed by atoms with E-state index in [1.54, 1.807) is 17.1 Å². The maximum absolute atomic E-state index is 11.3. The van der Waals surface area contributed by atoms with Gasteiger partial charge < -0.3 is 15.7 Å². The van der Waals surface area contributed by atoms with Gasteiger partial charge in [-0.2, -0.15) is 5.10 Å². The van der Waals surface area contributed by atoms with Crippen LogP contribution in [0.2, 0.25) is 0 Å². The van der Waals surface area contributed by atoms with Gasteiger partial charge in [0.05, 0.1) is 24.0 Å². The fourth-order valence-corrected chi connectivity index (χ4v) is 1.10. The molecule has 1 heterocycles. The average molecular weight is 226 g/mol. The summed E-state index contributed by atoms with van der Waals surface area (Å²) in [6.07, 6.45) is 3.35. The molecule has 0 atom stereocenters. The van der Waals surface area contributed by atoms with Crippen molar-refractivity contribution in [2.24, 2.45) is 0 Å². The third-order valence-electron chi connectivity index (χ3n) is 1.93. The highest BCUT2D eigenvalue weighted by molar-refractivity contribution is 5.88. The number of rotatable bonds is 3. The van der Waals surface area contributed by atoms with Gasteiger partial charge in [-0.15, -0.1) is 0 Å². The van der Waals surface area contributed by atoms with Crippen molar-refractivity contribution in [2.45, 2.75) is 26.3 Å². The third kappa shape index (κ3) is 3.54. The minimum absolute atomic E-state index is 0.0747. The van der Waals surface area contributed by atoms with Crippen molar-refractivity contribution in [3.8, 4) is 0 Å². The quantitative estimate of drug-likeness (QED) is 0.711. The van der Waals surface area contributed by atoms with E-state index in [9.17, 15) is 4.79 Å². The second-order valence-electron chi connectivity index (χ2n) is 4.45. The van der Waals surface area contributed by atoms with Gasteiger partial charge in [-0.3, -0.25) is 4.68 Å². The summed E-state index contributed by atoms with van der Waals surface area (Å²) in [7, 11) is 0. The van der Waals surface area contributed by atoms with Crippen LogP contribution < -0.4 is 10.6 Å². The van der Waals surface area contributed by atoms with Crippen LogP contribution in [0.15, 0.2) is 12.4 Å². The predicted molar refractivity (Wildman–Crippen MR) is 61.3 cm³/mol. The van der Waals surface area contributed by atoms with E-state index in [4.69, 9.17) is 5.11 Å². The van der Waals surface area contributed by atoms with Gasteiger partial charge in [0.25, 0.3) is 0 Å². The standard InChI is InChI=1S/C10H18N4O2/c1-10(2,3)14-7-8(6-12-14)13-9(16)11-4-5-15/h6-7,15H,4-5H2,1-3H3,(H2,11,13,16). The van der Waals surface area contributed by atoms with Gasteiger partial charge in [-0.25, -0.2) is 4.79 Å². The second-order valence-corrected chi connectivity index (χ2v) is 4.45. The lowest BCUT2D eigenvalue weighted by molar-refractivity contribution is 0.245. The molecule has 0 aliphatic carbocycles. The van der Waals surface area contributed by atoms with Crippen molar-refractivity contribution in [3.63, 3.8) is 0 Å². The highest BCUT2D eigenvalue weighted by Gasteiger charge is 2.14. The Morgan fingerprint density at radius 1 is 1.56 bits per heavy atom. The molecule has 0 aromatic carbocycles. The smallest absolute Gasteiger partial charge is 0.319 e. The Hall–Kier alpha value is -1.56. The highest BCUT2D eigenvalue weighted by Crippen LogP contribution is 2.15. The van der Waals surface area contributed by atoms with E-state index in [-0.39, 0.29) is 24.7 Å². The number of nitrogens with zero attached hydrogens (tertiary/aromatic N) is 2. The molecule has 0 fully saturated rings. The highest BCUT2D eigenvalue weighted by atomic mass is 16.3. The summed E-state index contributed by atoms with van der Waals surface area (Å²) < 4.78 is 1.77. The minimum atomic E-state index is -0.345. The molecule has 16 heavy (non-hydrogen) atoms. The number of aliphatic hydroxyl groups excluding tert-OH is 1. The van der Waals surface area contributed by atoms with Crippen LogP contribution in [0, 0.1) is 0 Å². The summed E-state index contributed by atoms with van der Waals surface area (Å²) in [6.45, 7) is 6.23. The number of hydrogen-bond donors (Lipinski definition) is 3. The molecule has 0 radical (unpaired) electrons. The largest absolute Gasteiger partial charge is 0.395 e. The van der Waals surface area contributed by atoms with Gasteiger partial charge >= 0.3 is 6.03 Å². The summed E-state index contributed by atoms with van der Waals surface area (Å²) in [5.41, 5.74) is 0.520. The maximum Gasteiger partial charge on any atom is 0.319 e. The Morgan fingerprint density at radius 2 is 2.25 bits per heavy atom. The molecular weight excluding hydrogens is 208 g/mol. The fraction of sp³-hybridized carbons (Fsp3) is 0.600. The molecule has 6 heteroatoms. The van der Waals surface area contributed by atoms with Gasteiger partial charge in [-0.1, -0.05) is 0 Å². The van der Waals surface area contributed by atoms with Crippen LogP contribution in [0.1, 0.15) is 20.8 Å². The third-order valence-corrected chi connectivity index (χ3v) is 1.93. The number of carbonyl (C=O) groups excluding carboxylic acids is 1. The topological polar surface area (TPSA) is 79.2 Å². The van der Waals surface area contributed by atoms with E-state index in [1.165, 1.54) is 0 Å². The lowest BCUT2D eigenvalue weighted by Crippen LogP contribution is -2.30. The number of aliphatic hydroxyl groups is 1. The van der Waals surface area contributed by atoms with Crippen molar-refractivity contribution < 1.29 is 9.90 Å². The van der Waals surface area contributed by atoms with Crippen LogP contribution in [-0.2, 0) is 5.54 Å². The summed E-state index contributed by atoms with van der Waals surface area (Å²) in [5, 5.41) is 17.8. The molecule has 1 aromatic heterocycles. The van der Waals surface area contributed by atoms with Crippen molar-refractivity contribution in [3.05, 3.63) is 12.4 Å². The van der Waals surface area contributed by atoms with Gasteiger partial charge in [0, 0.05) is 12.7 Å². The Kier molecular flexibility index (Phi) is 3.89. The van der Waals surface area contributed by atoms with Gasteiger partial charge in [0.1, 0.15) is 0 Å². The zero-order valence-corrected chi connectivity index (χ0v) is 9.82. The molecule has 3 N–H and O–H groups in total. The van der Waals surface area contributed by atoms with Crippen molar-refractivity contribution >= 4 is 11.7 Å². The molecule has 0 aliphatic rings. The first kappa shape index (κ1) is 12.5. The van der Waals surface area contributed by atoms with E-state index >= 15 is 0 Å². The number of nitrogens with one attached hydrogen (secondary N) is 2. The van der Waals surface area contributed by atoms with Crippen LogP contribution in [-0.4, -0.2) is 34.1 Å². The zero-order valence-electron chi connectivity index (χ0n) is 9.82. The Bertz CT molecular complexity index is 354. The number of carbonyl (C=O) groups is 1. The van der Waals surface area contributed by atoms with Crippen LogP contribution in [0.4, 0.5) is 10.5 Å². The van der Waals surface area contributed by atoms with E-state index in [0.717, 1.165) is 0 Å². The molecule has 0 saturated heterocycles. The number of hydrogen-bond acceptors (Lipinski definition) is 3. The molecule has 1 aromatic rings. The summed E-state index contributed by atoms with van der Waals surface area (Å²) >= 11 is 0. The predicted octanol–water partition coefficient (Wildman–Crippen LogP) is 0.752. The maximum atomic E-state index is 11.3. The lowest BCUT2D eigenvalue weighted by atomic mass is 10.1. The molecule has 1 rings (SSSR count). The molecule has 90 valence electrons. The van der Waals surface area contributed by atoms with Gasteiger partial charge in [0.2, 0.25) is 0 Å². The summed E-state index contributed by atoms with van der Waals surface area (Å²) in [6, 6.07) is -0.345. The zero-order chi connectivity index (χ0) is 12.2. The number of amides is 2. The van der Waals surface area contributed by atoms with E-state index in [1.807, 2.05) is 20.8 Å². The summed E-state index contributed by atoms with van der Waals surface area (Å²) in [5.74, 6) is 0. The molecular formula is C10H18N4O2. The molecule has 0 spiro atoms. The SMILES string of the molecule is CC(C)(C)n1cc(NC(=O)NCCO)cn1. The molecule has 0 saturated carbocycles. The average Bonchev–Trinajstić information content (AvgIpc) is 2.62. The first-order chi connectivity index (χ1) is 7.43.